The number of ether oxygens (including phenoxy) is 3. The molecule has 8 atom stereocenters. The second-order valence-corrected chi connectivity index (χ2v) is 8.11. The van der Waals surface area contributed by atoms with E-state index in [1.54, 1.807) is 0 Å². The summed E-state index contributed by atoms with van der Waals surface area (Å²) in [6.45, 7) is 9.50. The molecule has 0 amide bonds. The Labute approximate surface area is 149 Å². The van der Waals surface area contributed by atoms with Crippen LogP contribution in [0.2, 0.25) is 0 Å². The van der Waals surface area contributed by atoms with E-state index in [1.807, 2.05) is 6.08 Å². The number of hydrogen-bond acceptors (Lipinski definition) is 5. The van der Waals surface area contributed by atoms with Gasteiger partial charge in [-0.25, -0.2) is 0 Å². The van der Waals surface area contributed by atoms with Gasteiger partial charge in [-0.15, -0.1) is 0 Å². The summed E-state index contributed by atoms with van der Waals surface area (Å²) in [5.74, 6) is 0.671. The van der Waals surface area contributed by atoms with Gasteiger partial charge < -0.3 is 24.4 Å². The zero-order chi connectivity index (χ0) is 17.9. The third-order valence-corrected chi connectivity index (χ3v) is 6.88. The number of aliphatic hydroxyl groups is 2. The van der Waals surface area contributed by atoms with Gasteiger partial charge in [0.05, 0.1) is 30.8 Å². The van der Waals surface area contributed by atoms with Gasteiger partial charge in [0.25, 0.3) is 0 Å². The minimum absolute atomic E-state index is 0.0116. The maximum atomic E-state index is 11.3. The van der Waals surface area contributed by atoms with Crippen molar-refractivity contribution in [2.24, 2.45) is 17.3 Å². The molecule has 2 N–H and O–H groups in total. The molecule has 5 nitrogen and oxygen atoms in total. The van der Waals surface area contributed by atoms with Crippen molar-refractivity contribution in [1.82, 2.24) is 0 Å². The van der Waals surface area contributed by atoms with E-state index in [4.69, 9.17) is 14.2 Å². The SMILES string of the molecule is CCC(C)C1=CC(O)C2(C(C)CC)C(=C1O)C1OC1COCC1OC12. The maximum absolute atomic E-state index is 11.3. The second kappa shape index (κ2) is 6.08. The zero-order valence-corrected chi connectivity index (χ0v) is 15.6. The first-order valence-electron chi connectivity index (χ1n) is 9.69. The molecule has 0 spiro atoms. The molecule has 1 aliphatic carbocycles. The molecule has 25 heavy (non-hydrogen) atoms. The number of allylic oxidation sites excluding steroid dienone is 1. The first-order valence-corrected chi connectivity index (χ1v) is 9.69. The van der Waals surface area contributed by atoms with E-state index in [9.17, 15) is 10.2 Å². The van der Waals surface area contributed by atoms with Crippen molar-refractivity contribution in [3.05, 3.63) is 23.0 Å². The quantitative estimate of drug-likeness (QED) is 0.763. The third kappa shape index (κ3) is 2.43. The molecular weight excluding hydrogens is 320 g/mol. The van der Waals surface area contributed by atoms with E-state index in [2.05, 4.69) is 27.7 Å². The van der Waals surface area contributed by atoms with Crippen LogP contribution in [-0.4, -0.2) is 53.9 Å². The van der Waals surface area contributed by atoms with E-state index >= 15 is 0 Å². The van der Waals surface area contributed by atoms with Crippen LogP contribution in [0.3, 0.4) is 0 Å². The fourth-order valence-electron chi connectivity index (χ4n) is 4.92. The highest BCUT2D eigenvalue weighted by molar-refractivity contribution is 5.48. The predicted molar refractivity (Wildman–Crippen MR) is 93.2 cm³/mol. The van der Waals surface area contributed by atoms with E-state index in [-0.39, 0.29) is 36.3 Å². The van der Waals surface area contributed by atoms with Crippen LogP contribution < -0.4 is 0 Å². The lowest BCUT2D eigenvalue weighted by Gasteiger charge is -2.46. The molecule has 0 saturated carbocycles. The topological polar surface area (TPSA) is 74.8 Å². The van der Waals surface area contributed by atoms with E-state index in [0.717, 1.165) is 24.0 Å². The Morgan fingerprint density at radius 1 is 1.16 bits per heavy atom. The first kappa shape index (κ1) is 17.5. The highest BCUT2D eigenvalue weighted by Crippen LogP contribution is 2.60. The molecule has 3 fully saturated rings. The molecule has 3 heterocycles. The summed E-state index contributed by atoms with van der Waals surface area (Å²) in [6, 6.07) is 0. The van der Waals surface area contributed by atoms with Gasteiger partial charge in [0.2, 0.25) is 0 Å². The molecule has 0 bridgehead atoms. The fraction of sp³-hybridized carbons (Fsp3) is 0.800. The number of epoxide rings is 2. The lowest BCUT2D eigenvalue weighted by atomic mass is 9.58. The van der Waals surface area contributed by atoms with Gasteiger partial charge >= 0.3 is 0 Å². The molecule has 3 aliphatic heterocycles. The van der Waals surface area contributed by atoms with Crippen molar-refractivity contribution in [1.29, 1.82) is 0 Å². The monoisotopic (exact) mass is 350 g/mol. The molecule has 0 radical (unpaired) electrons. The lowest BCUT2D eigenvalue weighted by Crippen LogP contribution is -2.51. The van der Waals surface area contributed by atoms with Gasteiger partial charge in [-0.1, -0.05) is 34.1 Å². The Bertz CT molecular complexity index is 611. The molecule has 3 saturated heterocycles. The maximum Gasteiger partial charge on any atom is 0.121 e. The van der Waals surface area contributed by atoms with E-state index < -0.39 is 11.5 Å². The van der Waals surface area contributed by atoms with Crippen LogP contribution in [-0.2, 0) is 14.2 Å². The summed E-state index contributed by atoms with van der Waals surface area (Å²) in [6.07, 6.45) is 2.64. The Morgan fingerprint density at radius 3 is 2.56 bits per heavy atom. The van der Waals surface area contributed by atoms with Crippen LogP contribution in [0, 0.1) is 17.3 Å². The van der Waals surface area contributed by atoms with Crippen LogP contribution in [0.1, 0.15) is 40.5 Å². The molecule has 0 aromatic heterocycles. The van der Waals surface area contributed by atoms with Crippen LogP contribution in [0.4, 0.5) is 0 Å². The Morgan fingerprint density at radius 2 is 1.88 bits per heavy atom. The second-order valence-electron chi connectivity index (χ2n) is 8.11. The standard InChI is InChI=1S/C20H30O5/c1-5-10(3)12-7-15(21)20(11(4)6-2)16(17(12)22)18-13(24-18)8-23-9-14-19(20)25-14/h7,10-11,13-15,18-19,21-22H,5-6,8-9H2,1-4H3. The molecular formula is C20H30O5. The number of aliphatic hydroxyl groups excluding tert-OH is 2. The Kier molecular flexibility index (Phi) is 4.27. The summed E-state index contributed by atoms with van der Waals surface area (Å²) in [5, 5.41) is 22.6. The predicted octanol–water partition coefficient (Wildman–Crippen LogP) is 2.74. The van der Waals surface area contributed by atoms with Gasteiger partial charge in [0.1, 0.15) is 24.1 Å². The molecule has 8 unspecified atom stereocenters. The number of rotatable bonds is 4. The summed E-state index contributed by atoms with van der Waals surface area (Å²) in [4.78, 5) is 0. The average Bonchev–Trinajstić information content (AvgIpc) is 3.52. The number of fused-ring (bicyclic) bond motifs is 5. The number of hydrogen-bond donors (Lipinski definition) is 2. The van der Waals surface area contributed by atoms with E-state index in [1.165, 1.54) is 0 Å². The Hall–Kier alpha value is -0.880. The summed E-state index contributed by atoms with van der Waals surface area (Å²) in [5.41, 5.74) is 1.07. The van der Waals surface area contributed by atoms with Gasteiger partial charge in [-0.2, -0.15) is 0 Å². The van der Waals surface area contributed by atoms with Crippen molar-refractivity contribution in [2.45, 2.75) is 71.1 Å². The minimum Gasteiger partial charge on any atom is -0.508 e. The molecule has 4 rings (SSSR count). The van der Waals surface area contributed by atoms with Gasteiger partial charge in [0, 0.05) is 5.57 Å². The normalized spacial score (nSPS) is 45.0. The molecule has 4 aliphatic rings. The van der Waals surface area contributed by atoms with Crippen molar-refractivity contribution >= 4 is 0 Å². The third-order valence-electron chi connectivity index (χ3n) is 6.88. The molecule has 0 aromatic carbocycles. The molecule has 140 valence electrons. The first-order chi connectivity index (χ1) is 12.0. The van der Waals surface area contributed by atoms with Crippen LogP contribution in [0.5, 0.6) is 0 Å². The van der Waals surface area contributed by atoms with Crippen LogP contribution >= 0.6 is 0 Å². The van der Waals surface area contributed by atoms with Crippen LogP contribution in [0.15, 0.2) is 23.0 Å². The summed E-state index contributed by atoms with van der Waals surface area (Å²) < 4.78 is 17.6. The summed E-state index contributed by atoms with van der Waals surface area (Å²) >= 11 is 0. The van der Waals surface area contributed by atoms with Crippen molar-refractivity contribution < 1.29 is 24.4 Å². The van der Waals surface area contributed by atoms with Crippen molar-refractivity contribution in [3.8, 4) is 0 Å². The Balaban J connectivity index is 1.88. The fourth-order valence-corrected chi connectivity index (χ4v) is 4.92. The van der Waals surface area contributed by atoms with Crippen molar-refractivity contribution in [3.63, 3.8) is 0 Å². The van der Waals surface area contributed by atoms with Crippen LogP contribution in [0.25, 0.3) is 0 Å². The van der Waals surface area contributed by atoms with E-state index in [0.29, 0.717) is 19.0 Å². The highest BCUT2D eigenvalue weighted by Gasteiger charge is 2.68. The average molecular weight is 350 g/mol. The largest absolute Gasteiger partial charge is 0.508 e. The summed E-state index contributed by atoms with van der Waals surface area (Å²) in [7, 11) is 0. The van der Waals surface area contributed by atoms with Gasteiger partial charge in [0.15, 0.2) is 0 Å². The lowest BCUT2D eigenvalue weighted by molar-refractivity contribution is 0.00746. The van der Waals surface area contributed by atoms with Gasteiger partial charge in [-0.05, 0) is 29.9 Å². The molecule has 0 aromatic rings. The van der Waals surface area contributed by atoms with Crippen molar-refractivity contribution in [2.75, 3.05) is 13.2 Å². The minimum atomic E-state index is -0.685. The smallest absolute Gasteiger partial charge is 0.121 e. The highest BCUT2D eigenvalue weighted by atomic mass is 16.6. The zero-order valence-electron chi connectivity index (χ0n) is 15.6. The van der Waals surface area contributed by atoms with Gasteiger partial charge in [-0.3, -0.25) is 0 Å². The molecule has 5 heteroatoms.